The van der Waals surface area contributed by atoms with E-state index >= 15 is 0 Å². The highest BCUT2D eigenvalue weighted by Crippen LogP contribution is 2.62. The van der Waals surface area contributed by atoms with Crippen molar-refractivity contribution in [1.82, 2.24) is 4.44 Å². The van der Waals surface area contributed by atoms with Crippen LogP contribution in [0.5, 0.6) is 0 Å². The van der Waals surface area contributed by atoms with Crippen LogP contribution >= 0.6 is 14.4 Å². The highest BCUT2D eigenvalue weighted by molar-refractivity contribution is 7.90. The summed E-state index contributed by atoms with van der Waals surface area (Å²) in [6.07, 6.45) is 0. The fourth-order valence-corrected chi connectivity index (χ4v) is 12.0. The van der Waals surface area contributed by atoms with Gasteiger partial charge in [0.15, 0.2) is 0 Å². The molecule has 0 spiro atoms. The predicted molar refractivity (Wildman–Crippen MR) is 135 cm³/mol. The van der Waals surface area contributed by atoms with Gasteiger partial charge in [-0.1, -0.05) is 104 Å². The Kier molecular flexibility index (Phi) is 6.39. The maximum atomic E-state index is 10.1. The van der Waals surface area contributed by atoms with Gasteiger partial charge in [-0.3, -0.25) is 10.3 Å². The van der Waals surface area contributed by atoms with Crippen molar-refractivity contribution in [2.24, 2.45) is 0 Å². The molecule has 0 atom stereocenters. The van der Waals surface area contributed by atoms with Crippen LogP contribution in [0.3, 0.4) is 0 Å². The molecule has 0 heterocycles. The van der Waals surface area contributed by atoms with Crippen molar-refractivity contribution in [3.05, 3.63) is 121 Å². The van der Waals surface area contributed by atoms with Gasteiger partial charge in [0.05, 0.1) is 17.8 Å². The molecule has 0 aromatic heterocycles. The minimum atomic E-state index is -2.73. The highest BCUT2D eigenvalue weighted by Gasteiger charge is 2.44. The second-order valence-corrected chi connectivity index (χ2v) is 13.3. The molecule has 0 unspecified atom stereocenters. The van der Waals surface area contributed by atoms with Crippen molar-refractivity contribution in [1.29, 1.82) is 5.16 Å². The standard InChI is InChI=1S/C26H27N3P2/c1-2-29(30(27,23-15-7-3-8-16-23)24-17-9-4-10-18-24)31(28,25-19-11-5-12-20-25)26-21-13-6-14-22-26/h3-22,27-28H,2H2,1H3/p+1. The molecule has 0 amide bonds. The molecule has 0 aliphatic rings. The fraction of sp³-hybridized carbons (Fsp3) is 0.0769. The molecule has 0 saturated carbocycles. The Morgan fingerprint density at radius 1 is 0.581 bits per heavy atom. The molecule has 5 heteroatoms. The normalized spacial score (nSPS) is 12.1. The van der Waals surface area contributed by atoms with Gasteiger partial charge >= 0.3 is 0 Å². The Balaban J connectivity index is 2.05. The third-order valence-corrected chi connectivity index (χ3v) is 13.5. The van der Waals surface area contributed by atoms with E-state index in [1.807, 2.05) is 72.8 Å². The molecule has 0 fully saturated rings. The van der Waals surface area contributed by atoms with Crippen LogP contribution in [0.15, 0.2) is 121 Å². The average Bonchev–Trinajstić information content (AvgIpc) is 2.86. The van der Waals surface area contributed by atoms with E-state index in [1.165, 1.54) is 0 Å². The largest absolute Gasteiger partial charge is 0.294 e. The van der Waals surface area contributed by atoms with Gasteiger partial charge in [0.25, 0.3) is 0 Å². The summed E-state index contributed by atoms with van der Waals surface area (Å²) in [5.41, 5.74) is 0. The third kappa shape index (κ3) is 3.86. The number of hydrogen-bond donors (Lipinski definition) is 2. The fourth-order valence-electron chi connectivity index (χ4n) is 4.08. The van der Waals surface area contributed by atoms with E-state index in [2.05, 4.69) is 59.9 Å². The van der Waals surface area contributed by atoms with E-state index < -0.39 is 14.4 Å². The first-order valence-electron chi connectivity index (χ1n) is 10.4. The summed E-state index contributed by atoms with van der Waals surface area (Å²) in [6, 6.07) is 41.1. The van der Waals surface area contributed by atoms with Gasteiger partial charge < -0.3 is 0 Å². The van der Waals surface area contributed by atoms with Crippen molar-refractivity contribution in [3.8, 4) is 0 Å². The van der Waals surface area contributed by atoms with Gasteiger partial charge in [0, 0.05) is 17.2 Å². The molecule has 4 aromatic carbocycles. The quantitative estimate of drug-likeness (QED) is 0.413. The SMILES string of the molecule is CCN(P(=N)(c1ccccc1)c1ccccc1)P(=[NH2+])(c1ccccc1)c1ccccc1. The second kappa shape index (κ2) is 9.20. The minimum absolute atomic E-state index is 0.676. The molecular weight excluding hydrogens is 416 g/mol. The summed E-state index contributed by atoms with van der Waals surface area (Å²) >= 11 is 0. The van der Waals surface area contributed by atoms with E-state index in [1.54, 1.807) is 0 Å². The Bertz CT molecular complexity index is 1030. The molecule has 3 N–H and O–H groups in total. The Labute approximate surface area is 185 Å². The van der Waals surface area contributed by atoms with E-state index in [9.17, 15) is 5.16 Å². The minimum Gasteiger partial charge on any atom is -0.294 e. The lowest BCUT2D eigenvalue weighted by atomic mass is 10.4. The summed E-state index contributed by atoms with van der Waals surface area (Å²) in [7, 11) is -5.27. The monoisotopic (exact) mass is 444 g/mol. The zero-order valence-corrected chi connectivity index (χ0v) is 19.5. The second-order valence-electron chi connectivity index (χ2n) is 7.35. The van der Waals surface area contributed by atoms with Crippen molar-refractivity contribution >= 4 is 35.6 Å². The molecule has 3 nitrogen and oxygen atoms in total. The smallest absolute Gasteiger partial charge is 0.226 e. The molecule has 0 saturated heterocycles. The summed E-state index contributed by atoms with van der Waals surface area (Å²) in [6.45, 7) is 2.80. The number of nitrogens with one attached hydrogen (secondary N) is 1. The molecule has 4 rings (SSSR count). The van der Waals surface area contributed by atoms with Crippen molar-refractivity contribution < 1.29 is 5.16 Å². The lowest BCUT2D eigenvalue weighted by Gasteiger charge is -2.40. The van der Waals surface area contributed by atoms with Gasteiger partial charge in [0.1, 0.15) is 0 Å². The van der Waals surface area contributed by atoms with E-state index in [0.29, 0.717) is 6.54 Å². The number of rotatable bonds is 7. The number of hydrogen-bond acceptors (Lipinski definition) is 1. The third-order valence-electron chi connectivity index (χ3n) is 5.55. The molecule has 0 bridgehead atoms. The Morgan fingerprint density at radius 2 is 0.871 bits per heavy atom. The topological polar surface area (TPSA) is 52.7 Å². The molecule has 156 valence electrons. The average molecular weight is 444 g/mol. The van der Waals surface area contributed by atoms with Gasteiger partial charge in [0.2, 0.25) is 7.21 Å². The number of benzene rings is 4. The summed E-state index contributed by atoms with van der Waals surface area (Å²) in [4.78, 5) is 0. The zero-order valence-electron chi connectivity index (χ0n) is 17.7. The number of nitrogens with two attached hydrogens (primary N) is 1. The molecule has 0 aliphatic carbocycles. The van der Waals surface area contributed by atoms with Gasteiger partial charge in [-0.15, -0.1) is 0 Å². The van der Waals surface area contributed by atoms with E-state index in [-0.39, 0.29) is 0 Å². The van der Waals surface area contributed by atoms with Crippen LogP contribution in [0.1, 0.15) is 6.92 Å². The molecule has 4 aromatic rings. The summed E-state index contributed by atoms with van der Waals surface area (Å²) in [5.74, 6) is 0. The molecular formula is C26H28N3P2+. The van der Waals surface area contributed by atoms with Crippen molar-refractivity contribution in [3.63, 3.8) is 0 Å². The first-order chi connectivity index (χ1) is 15.1. The van der Waals surface area contributed by atoms with Crippen LogP contribution in [0.25, 0.3) is 0 Å². The van der Waals surface area contributed by atoms with Gasteiger partial charge in [-0.25, -0.2) is 0 Å². The van der Waals surface area contributed by atoms with Crippen LogP contribution in [0, 0.1) is 5.16 Å². The van der Waals surface area contributed by atoms with E-state index in [4.69, 9.17) is 5.16 Å². The first kappa shape index (κ1) is 21.5. The van der Waals surface area contributed by atoms with Gasteiger partial charge in [-0.05, 0) is 24.3 Å². The van der Waals surface area contributed by atoms with Crippen LogP contribution in [-0.4, -0.2) is 11.0 Å². The van der Waals surface area contributed by atoms with Crippen molar-refractivity contribution in [2.45, 2.75) is 6.92 Å². The van der Waals surface area contributed by atoms with Crippen LogP contribution in [-0.2, 0) is 0 Å². The zero-order chi connectivity index (χ0) is 21.7. The van der Waals surface area contributed by atoms with Crippen molar-refractivity contribution in [2.75, 3.05) is 6.54 Å². The van der Waals surface area contributed by atoms with E-state index in [0.717, 1.165) is 21.2 Å². The Hall–Kier alpha value is -2.70. The number of nitrogens with zero attached hydrogens (tertiary/aromatic N) is 1. The maximum Gasteiger partial charge on any atom is 0.226 e. The molecule has 31 heavy (non-hydrogen) atoms. The highest BCUT2D eigenvalue weighted by atomic mass is 31.2. The molecule has 0 aliphatic heterocycles. The van der Waals surface area contributed by atoms with Crippen LogP contribution in [0.2, 0.25) is 0 Å². The van der Waals surface area contributed by atoms with Gasteiger partial charge in [-0.2, -0.15) is 4.44 Å². The molecule has 0 radical (unpaired) electrons. The van der Waals surface area contributed by atoms with Crippen LogP contribution in [0.4, 0.5) is 0 Å². The maximum absolute atomic E-state index is 10.1. The lowest BCUT2D eigenvalue weighted by molar-refractivity contribution is -0.0870. The summed E-state index contributed by atoms with van der Waals surface area (Å²) < 4.78 is 2.31. The van der Waals surface area contributed by atoms with Crippen LogP contribution < -0.4 is 26.4 Å². The lowest BCUT2D eigenvalue weighted by Crippen LogP contribution is -2.48. The first-order valence-corrected chi connectivity index (χ1v) is 14.0. The summed E-state index contributed by atoms with van der Waals surface area (Å²) in [5, 5.41) is 21.8. The predicted octanol–water partition coefficient (Wildman–Crippen LogP) is 4.18. The Morgan fingerprint density at radius 3 is 1.16 bits per heavy atom.